The van der Waals surface area contributed by atoms with Gasteiger partial charge in [-0.3, -0.25) is 0 Å². The van der Waals surface area contributed by atoms with Crippen LogP contribution in [0.2, 0.25) is 5.02 Å². The zero-order chi connectivity index (χ0) is 12.5. The van der Waals surface area contributed by atoms with Gasteiger partial charge in [0.2, 0.25) is 0 Å². The van der Waals surface area contributed by atoms with E-state index >= 15 is 0 Å². The molecular weight excluding hydrogens is 272 g/mol. The van der Waals surface area contributed by atoms with Crippen molar-refractivity contribution in [3.8, 4) is 0 Å². The van der Waals surface area contributed by atoms with E-state index in [1.54, 1.807) is 18.2 Å². The van der Waals surface area contributed by atoms with E-state index < -0.39 is 6.03 Å². The Balaban J connectivity index is 1.94. The molecule has 0 radical (unpaired) electrons. The summed E-state index contributed by atoms with van der Waals surface area (Å²) in [6.07, 6.45) is 0. The average Bonchev–Trinajstić information content (AvgIpc) is 2.74. The number of hydrogen-bond acceptors (Lipinski definition) is 4. The van der Waals surface area contributed by atoms with Gasteiger partial charge in [0.25, 0.3) is 0 Å². The molecule has 2 aromatic rings. The first-order chi connectivity index (χ1) is 8.74. The number of halogens is 1. The maximum atomic E-state index is 11.3. The van der Waals surface area contributed by atoms with Crippen LogP contribution in [0, 0.1) is 0 Å². The van der Waals surface area contributed by atoms with E-state index in [2.05, 4.69) is 15.3 Å². The van der Waals surface area contributed by atoms with E-state index in [0.29, 0.717) is 15.9 Å². The van der Waals surface area contributed by atoms with Crippen molar-refractivity contribution < 1.29 is 9.48 Å². The van der Waals surface area contributed by atoms with Gasteiger partial charge >= 0.3 is 11.8 Å². The molecule has 0 saturated heterocycles. The number of rotatable bonds is 2. The lowest BCUT2D eigenvalue weighted by Crippen LogP contribution is -2.41. The molecular formula is C11H6ClN4OS+. The first-order valence-corrected chi connectivity index (χ1v) is 6.25. The Labute approximate surface area is 112 Å². The van der Waals surface area contributed by atoms with Crippen molar-refractivity contribution in [2.45, 2.75) is 9.92 Å². The molecule has 0 saturated carbocycles. The molecule has 18 heavy (non-hydrogen) atoms. The number of hydrogen-bond donors (Lipinski definition) is 0. The van der Waals surface area contributed by atoms with Gasteiger partial charge in [-0.05, 0) is 18.2 Å². The second-order valence-corrected chi connectivity index (χ2v) is 4.93. The third-order valence-corrected chi connectivity index (χ3v) is 3.71. The third-order valence-electron chi connectivity index (χ3n) is 2.26. The normalized spacial score (nSPS) is 12.8. The van der Waals surface area contributed by atoms with Crippen molar-refractivity contribution in [2.75, 3.05) is 0 Å². The number of azo groups is 1. The highest BCUT2D eigenvalue weighted by Crippen LogP contribution is 2.31. The van der Waals surface area contributed by atoms with Crippen LogP contribution < -0.4 is 4.68 Å². The lowest BCUT2D eigenvalue weighted by Gasteiger charge is -2.01. The van der Waals surface area contributed by atoms with Gasteiger partial charge in [-0.2, -0.15) is 0 Å². The first-order valence-electron chi connectivity index (χ1n) is 5.06. The molecule has 0 N–H and O–H groups in total. The molecule has 1 aliphatic heterocycles. The lowest BCUT2D eigenvalue weighted by molar-refractivity contribution is -0.620. The molecule has 88 valence electrons. The molecule has 1 aliphatic rings. The number of nitrogens with zero attached hydrogens (tertiary/aromatic N) is 4. The molecule has 0 spiro atoms. The van der Waals surface area contributed by atoms with Gasteiger partial charge < -0.3 is 0 Å². The molecule has 0 atom stereocenters. The third kappa shape index (κ3) is 2.00. The Hall–Kier alpha value is -1.79. The van der Waals surface area contributed by atoms with Gasteiger partial charge in [0.1, 0.15) is 10.1 Å². The van der Waals surface area contributed by atoms with E-state index in [9.17, 15) is 4.79 Å². The highest BCUT2D eigenvalue weighted by molar-refractivity contribution is 7.99. The van der Waals surface area contributed by atoms with E-state index in [-0.39, 0.29) is 0 Å². The summed E-state index contributed by atoms with van der Waals surface area (Å²) in [5.41, 5.74) is 0. The predicted octanol–water partition coefficient (Wildman–Crippen LogP) is 3.24. The maximum Gasteiger partial charge on any atom is 0.537 e. The van der Waals surface area contributed by atoms with E-state index in [4.69, 9.17) is 11.6 Å². The Morgan fingerprint density at radius 3 is 2.78 bits per heavy atom. The summed E-state index contributed by atoms with van der Waals surface area (Å²) in [7, 11) is 0. The Morgan fingerprint density at radius 2 is 1.94 bits per heavy atom. The van der Waals surface area contributed by atoms with Crippen LogP contribution in [-0.2, 0) is 0 Å². The second kappa shape index (κ2) is 4.47. The van der Waals surface area contributed by atoms with Crippen LogP contribution in [0.1, 0.15) is 0 Å². The van der Waals surface area contributed by atoms with Crippen LogP contribution in [0.4, 0.5) is 10.6 Å². The zero-order valence-corrected chi connectivity index (χ0v) is 10.5. The van der Waals surface area contributed by atoms with Crippen LogP contribution in [0.3, 0.4) is 0 Å². The summed E-state index contributed by atoms with van der Waals surface area (Å²) in [5.74, 6) is 0.434. The number of amides is 1. The van der Waals surface area contributed by atoms with Crippen LogP contribution >= 0.6 is 23.4 Å². The molecule has 0 fully saturated rings. The highest BCUT2D eigenvalue weighted by atomic mass is 35.5. The van der Waals surface area contributed by atoms with Gasteiger partial charge in [0.05, 0.1) is 10.1 Å². The maximum absolute atomic E-state index is 11.3. The molecule has 5 nitrogen and oxygen atoms in total. The molecule has 1 aromatic heterocycles. The number of fused-ring (bicyclic) bond motifs is 1. The van der Waals surface area contributed by atoms with E-state index in [1.165, 1.54) is 16.4 Å². The topological polar surface area (TPSA) is 58.6 Å². The summed E-state index contributed by atoms with van der Waals surface area (Å²) in [4.78, 5) is 12.2. The fourth-order valence-corrected chi connectivity index (χ4v) is 2.49. The smallest absolute Gasteiger partial charge is 0.203 e. The van der Waals surface area contributed by atoms with Crippen molar-refractivity contribution in [3.63, 3.8) is 0 Å². The highest BCUT2D eigenvalue weighted by Gasteiger charge is 2.29. The van der Waals surface area contributed by atoms with Crippen molar-refractivity contribution in [1.29, 1.82) is 0 Å². The van der Waals surface area contributed by atoms with E-state index in [0.717, 1.165) is 4.90 Å². The fraction of sp³-hybridized carbons (Fsp3) is 0. The monoisotopic (exact) mass is 277 g/mol. The minimum atomic E-state index is -0.480. The molecule has 2 heterocycles. The Kier molecular flexibility index (Phi) is 2.81. The SMILES string of the molecule is O=C1N=Nc2ccc(Sc3ccccc3Cl)n[n+]21. The summed E-state index contributed by atoms with van der Waals surface area (Å²) in [6.45, 7) is 0. The van der Waals surface area contributed by atoms with Crippen LogP contribution in [0.5, 0.6) is 0 Å². The molecule has 7 heteroatoms. The van der Waals surface area contributed by atoms with Gasteiger partial charge in [-0.25, -0.2) is 4.79 Å². The van der Waals surface area contributed by atoms with Gasteiger partial charge in [0, 0.05) is 11.0 Å². The minimum Gasteiger partial charge on any atom is -0.203 e. The Morgan fingerprint density at radius 1 is 1.11 bits per heavy atom. The van der Waals surface area contributed by atoms with Crippen molar-refractivity contribution in [2.24, 2.45) is 10.2 Å². The van der Waals surface area contributed by atoms with Crippen LogP contribution in [0.25, 0.3) is 0 Å². The van der Waals surface area contributed by atoms with Crippen molar-refractivity contribution in [3.05, 3.63) is 41.4 Å². The van der Waals surface area contributed by atoms with Gasteiger partial charge in [-0.1, -0.05) is 45.3 Å². The standard InChI is InChI=1S/C11H6ClN4OS/c12-7-3-1-2-4-8(7)18-10-6-5-9-13-14-11(17)16(9)15-10/h1-6H/q+1. The molecule has 1 aromatic carbocycles. The number of benzene rings is 1. The quantitative estimate of drug-likeness (QED) is 0.792. The molecule has 0 aliphatic carbocycles. The summed E-state index contributed by atoms with van der Waals surface area (Å²) in [5, 5.41) is 12.6. The Bertz CT molecular complexity index is 674. The van der Waals surface area contributed by atoms with Crippen LogP contribution in [-0.4, -0.2) is 11.1 Å². The minimum absolute atomic E-state index is 0.434. The zero-order valence-electron chi connectivity index (χ0n) is 8.95. The second-order valence-electron chi connectivity index (χ2n) is 3.46. The van der Waals surface area contributed by atoms with E-state index in [1.807, 2.05) is 18.2 Å². The molecule has 0 unspecified atom stereocenters. The predicted molar refractivity (Wildman–Crippen MR) is 65.3 cm³/mol. The van der Waals surface area contributed by atoms with Crippen molar-refractivity contribution >= 4 is 35.2 Å². The largest absolute Gasteiger partial charge is 0.537 e. The van der Waals surface area contributed by atoms with Gasteiger partial charge in [-0.15, -0.1) is 0 Å². The number of carbonyl (C=O) groups excluding carboxylic acids is 1. The summed E-state index contributed by atoms with van der Waals surface area (Å²) < 4.78 is 1.17. The molecule has 1 amide bonds. The number of aromatic nitrogens is 2. The number of carbonyl (C=O) groups is 1. The summed E-state index contributed by atoms with van der Waals surface area (Å²) >= 11 is 7.44. The average molecular weight is 278 g/mol. The van der Waals surface area contributed by atoms with Crippen LogP contribution in [0.15, 0.2) is 56.5 Å². The summed E-state index contributed by atoms with van der Waals surface area (Å²) in [6, 6.07) is 10.4. The molecule has 3 rings (SSSR count). The fourth-order valence-electron chi connectivity index (χ4n) is 1.45. The van der Waals surface area contributed by atoms with Gasteiger partial charge in [0.15, 0.2) is 0 Å². The lowest BCUT2D eigenvalue weighted by atomic mass is 10.4. The molecule has 0 bridgehead atoms. The first kappa shape index (κ1) is 11.3. The van der Waals surface area contributed by atoms with Crippen molar-refractivity contribution in [1.82, 2.24) is 5.10 Å².